The molecule has 118 valence electrons. The van der Waals surface area contributed by atoms with Crippen LogP contribution in [0.15, 0.2) is 54.6 Å². The number of carboxylic acids is 2. The number of carbonyl (C=O) groups is 3. The summed E-state index contributed by atoms with van der Waals surface area (Å²) in [5.41, 5.74) is 1.12. The molecule has 1 amide bonds. The largest absolute Gasteiger partial charge is 0.480 e. The Morgan fingerprint density at radius 2 is 1.48 bits per heavy atom. The molecule has 0 heterocycles. The zero-order valence-corrected chi connectivity index (χ0v) is 12.1. The number of benzene rings is 2. The number of hydrogen-bond donors (Lipinski definition) is 3. The van der Waals surface area contributed by atoms with Gasteiger partial charge in [0, 0.05) is 12.0 Å². The Morgan fingerprint density at radius 1 is 0.870 bits per heavy atom. The molecule has 2 rings (SSSR count). The van der Waals surface area contributed by atoms with Gasteiger partial charge in [0.1, 0.15) is 6.04 Å². The molecule has 1 atom stereocenters. The molecule has 0 bridgehead atoms. The fourth-order valence-corrected chi connectivity index (χ4v) is 2.05. The molecule has 6 heteroatoms. The van der Waals surface area contributed by atoms with Crippen molar-refractivity contribution in [2.45, 2.75) is 12.5 Å². The third-order valence-corrected chi connectivity index (χ3v) is 3.28. The number of hydrogen-bond acceptors (Lipinski definition) is 3. The van der Waals surface area contributed by atoms with Gasteiger partial charge < -0.3 is 15.5 Å². The summed E-state index contributed by atoms with van der Waals surface area (Å²) in [7, 11) is 0. The van der Waals surface area contributed by atoms with E-state index >= 15 is 0 Å². The minimum atomic E-state index is -1.16. The van der Waals surface area contributed by atoms with Crippen molar-refractivity contribution in [3.63, 3.8) is 0 Å². The maximum Gasteiger partial charge on any atom is 0.335 e. The first-order valence-corrected chi connectivity index (χ1v) is 6.88. The molecular formula is C17H15NO5. The van der Waals surface area contributed by atoms with Gasteiger partial charge in [-0.2, -0.15) is 0 Å². The zero-order chi connectivity index (χ0) is 16.8. The van der Waals surface area contributed by atoms with Crippen molar-refractivity contribution in [3.05, 3.63) is 71.3 Å². The second-order valence-corrected chi connectivity index (χ2v) is 4.94. The van der Waals surface area contributed by atoms with Gasteiger partial charge >= 0.3 is 11.9 Å². The van der Waals surface area contributed by atoms with Crippen molar-refractivity contribution in [2.75, 3.05) is 0 Å². The molecule has 23 heavy (non-hydrogen) atoms. The van der Waals surface area contributed by atoms with E-state index in [0.29, 0.717) is 11.1 Å². The number of aliphatic carboxylic acids is 1. The van der Waals surface area contributed by atoms with Crippen molar-refractivity contribution < 1.29 is 24.6 Å². The SMILES string of the molecule is O=C(O)c1ccc(C[C@@H](NC(=O)c2ccccc2)C(=O)O)cc1. The van der Waals surface area contributed by atoms with Crippen LogP contribution in [0.3, 0.4) is 0 Å². The number of amides is 1. The molecular weight excluding hydrogens is 298 g/mol. The molecule has 0 aliphatic rings. The number of nitrogens with one attached hydrogen (secondary N) is 1. The Morgan fingerprint density at radius 3 is 2.00 bits per heavy atom. The molecule has 0 radical (unpaired) electrons. The van der Waals surface area contributed by atoms with Gasteiger partial charge in [0.25, 0.3) is 5.91 Å². The van der Waals surface area contributed by atoms with Crippen LogP contribution in [0.1, 0.15) is 26.3 Å². The van der Waals surface area contributed by atoms with E-state index in [-0.39, 0.29) is 12.0 Å². The summed E-state index contributed by atoms with van der Waals surface area (Å²) < 4.78 is 0. The Kier molecular flexibility index (Phi) is 5.09. The Bertz CT molecular complexity index is 710. The van der Waals surface area contributed by atoms with Crippen LogP contribution in [-0.2, 0) is 11.2 Å². The van der Waals surface area contributed by atoms with Gasteiger partial charge in [0.2, 0.25) is 0 Å². The zero-order valence-electron chi connectivity index (χ0n) is 12.1. The molecule has 0 aromatic heterocycles. The quantitative estimate of drug-likeness (QED) is 0.754. The summed E-state index contributed by atoms with van der Waals surface area (Å²) in [5.74, 6) is -2.68. The van der Waals surface area contributed by atoms with Gasteiger partial charge in [0.15, 0.2) is 0 Å². The monoisotopic (exact) mass is 313 g/mol. The summed E-state index contributed by atoms with van der Waals surface area (Å²) >= 11 is 0. The lowest BCUT2D eigenvalue weighted by molar-refractivity contribution is -0.139. The molecule has 0 unspecified atom stereocenters. The summed E-state index contributed by atoms with van der Waals surface area (Å²) in [4.78, 5) is 34.2. The van der Waals surface area contributed by atoms with Gasteiger partial charge in [-0.05, 0) is 29.8 Å². The summed E-state index contributed by atoms with van der Waals surface area (Å²) in [6.07, 6.45) is 0.0633. The highest BCUT2D eigenvalue weighted by atomic mass is 16.4. The smallest absolute Gasteiger partial charge is 0.335 e. The lowest BCUT2D eigenvalue weighted by Crippen LogP contribution is -2.42. The van der Waals surface area contributed by atoms with Gasteiger partial charge in [-0.1, -0.05) is 30.3 Å². The van der Waals surface area contributed by atoms with E-state index in [1.54, 1.807) is 30.3 Å². The molecule has 0 saturated carbocycles. The minimum absolute atomic E-state index is 0.0633. The van der Waals surface area contributed by atoms with Crippen LogP contribution in [0.25, 0.3) is 0 Å². The lowest BCUT2D eigenvalue weighted by Gasteiger charge is -2.15. The third-order valence-electron chi connectivity index (χ3n) is 3.28. The predicted molar refractivity (Wildman–Crippen MR) is 82.4 cm³/mol. The van der Waals surface area contributed by atoms with Gasteiger partial charge in [0.05, 0.1) is 5.56 Å². The van der Waals surface area contributed by atoms with Crippen molar-refractivity contribution in [1.82, 2.24) is 5.32 Å². The molecule has 0 aliphatic carbocycles. The highest BCUT2D eigenvalue weighted by Gasteiger charge is 2.21. The molecule has 2 aromatic carbocycles. The summed E-state index contributed by atoms with van der Waals surface area (Å²) in [5, 5.41) is 20.6. The highest BCUT2D eigenvalue weighted by molar-refractivity contribution is 5.96. The number of carboxylic acid groups (broad SMARTS) is 2. The fourth-order valence-electron chi connectivity index (χ4n) is 2.05. The van der Waals surface area contributed by atoms with Crippen LogP contribution >= 0.6 is 0 Å². The first-order valence-electron chi connectivity index (χ1n) is 6.88. The third kappa shape index (κ3) is 4.41. The van der Waals surface area contributed by atoms with Crippen LogP contribution in [0, 0.1) is 0 Å². The molecule has 0 spiro atoms. The number of carbonyl (C=O) groups excluding carboxylic acids is 1. The molecule has 0 fully saturated rings. The minimum Gasteiger partial charge on any atom is -0.480 e. The topological polar surface area (TPSA) is 104 Å². The Labute approximate surface area is 132 Å². The van der Waals surface area contributed by atoms with E-state index < -0.39 is 23.9 Å². The Hall–Kier alpha value is -3.15. The second-order valence-electron chi connectivity index (χ2n) is 4.94. The van der Waals surface area contributed by atoms with Crippen molar-refractivity contribution in [1.29, 1.82) is 0 Å². The average molecular weight is 313 g/mol. The molecule has 0 aliphatic heterocycles. The molecule has 3 N–H and O–H groups in total. The van der Waals surface area contributed by atoms with E-state index in [1.807, 2.05) is 0 Å². The summed E-state index contributed by atoms with van der Waals surface area (Å²) in [6.45, 7) is 0. The van der Waals surface area contributed by atoms with E-state index in [9.17, 15) is 19.5 Å². The van der Waals surface area contributed by atoms with E-state index in [0.717, 1.165) is 0 Å². The van der Waals surface area contributed by atoms with Crippen LogP contribution in [-0.4, -0.2) is 34.1 Å². The van der Waals surface area contributed by atoms with E-state index in [2.05, 4.69) is 5.32 Å². The fraction of sp³-hybridized carbons (Fsp3) is 0.118. The second kappa shape index (κ2) is 7.22. The van der Waals surface area contributed by atoms with Crippen LogP contribution in [0.5, 0.6) is 0 Å². The van der Waals surface area contributed by atoms with E-state index in [1.165, 1.54) is 24.3 Å². The number of aromatic carboxylic acids is 1. The van der Waals surface area contributed by atoms with Gasteiger partial charge in [-0.25, -0.2) is 9.59 Å². The Balaban J connectivity index is 2.08. The van der Waals surface area contributed by atoms with Gasteiger partial charge in [-0.15, -0.1) is 0 Å². The van der Waals surface area contributed by atoms with Gasteiger partial charge in [-0.3, -0.25) is 4.79 Å². The van der Waals surface area contributed by atoms with E-state index in [4.69, 9.17) is 5.11 Å². The lowest BCUT2D eigenvalue weighted by atomic mass is 10.0. The normalized spacial score (nSPS) is 11.5. The van der Waals surface area contributed by atoms with Crippen LogP contribution in [0.4, 0.5) is 0 Å². The maximum absolute atomic E-state index is 12.0. The highest BCUT2D eigenvalue weighted by Crippen LogP contribution is 2.08. The van der Waals surface area contributed by atoms with Crippen LogP contribution < -0.4 is 5.32 Å². The average Bonchev–Trinajstić information content (AvgIpc) is 2.55. The summed E-state index contributed by atoms with van der Waals surface area (Å²) in [6, 6.07) is 13.1. The first kappa shape index (κ1) is 16.2. The number of rotatable bonds is 6. The molecule has 6 nitrogen and oxygen atoms in total. The van der Waals surface area contributed by atoms with Crippen molar-refractivity contribution in [2.24, 2.45) is 0 Å². The molecule has 2 aromatic rings. The molecule has 0 saturated heterocycles. The van der Waals surface area contributed by atoms with Crippen molar-refractivity contribution in [3.8, 4) is 0 Å². The first-order chi connectivity index (χ1) is 11.0. The predicted octanol–water partition coefficient (Wildman–Crippen LogP) is 1.81. The van der Waals surface area contributed by atoms with Crippen molar-refractivity contribution >= 4 is 17.8 Å². The maximum atomic E-state index is 12.0. The standard InChI is InChI=1S/C17H15NO5/c19-15(12-4-2-1-3-5-12)18-14(17(22)23)10-11-6-8-13(9-7-11)16(20)21/h1-9,14H,10H2,(H,18,19)(H,20,21)(H,22,23)/t14-/m1/s1. The van der Waals surface area contributed by atoms with Crippen LogP contribution in [0.2, 0.25) is 0 Å².